The molecule has 28 heavy (non-hydrogen) atoms. The molecule has 0 spiro atoms. The lowest BCUT2D eigenvalue weighted by molar-refractivity contribution is -0.128. The molecule has 2 heterocycles. The van der Waals surface area contributed by atoms with Crippen molar-refractivity contribution < 1.29 is 18.4 Å². The Bertz CT molecular complexity index is 995. The lowest BCUT2D eigenvalue weighted by Crippen LogP contribution is -2.39. The van der Waals surface area contributed by atoms with Gasteiger partial charge in [-0.2, -0.15) is 0 Å². The molecular weight excluding hydrogens is 386 g/mol. The van der Waals surface area contributed by atoms with Crippen LogP contribution in [0, 0.1) is 11.6 Å². The summed E-state index contributed by atoms with van der Waals surface area (Å²) in [6, 6.07) is 7.34. The van der Waals surface area contributed by atoms with Gasteiger partial charge in [-0.3, -0.25) is 14.6 Å². The minimum Gasteiger partial charge on any atom is -0.357 e. The molecule has 1 atom stereocenters. The quantitative estimate of drug-likeness (QED) is 0.664. The average Bonchev–Trinajstić information content (AvgIpc) is 3.17. The van der Waals surface area contributed by atoms with E-state index in [2.05, 4.69) is 20.6 Å². The van der Waals surface area contributed by atoms with Gasteiger partial charge < -0.3 is 10.6 Å². The highest BCUT2D eigenvalue weighted by Crippen LogP contribution is 2.22. The summed E-state index contributed by atoms with van der Waals surface area (Å²) in [4.78, 5) is 33.1. The Morgan fingerprint density at radius 2 is 2.00 bits per heavy atom. The molecule has 0 aliphatic rings. The summed E-state index contributed by atoms with van der Waals surface area (Å²) in [6.07, 6.45) is 1.58. The van der Waals surface area contributed by atoms with Crippen molar-refractivity contribution in [2.45, 2.75) is 12.5 Å². The Labute approximate surface area is 163 Å². The first-order chi connectivity index (χ1) is 13.5. The Hall–Kier alpha value is -3.20. The van der Waals surface area contributed by atoms with Crippen molar-refractivity contribution in [3.8, 4) is 10.7 Å². The molecule has 0 bridgehead atoms. The van der Waals surface area contributed by atoms with E-state index in [1.54, 1.807) is 17.6 Å². The number of thiazole rings is 1. The number of benzene rings is 1. The summed E-state index contributed by atoms with van der Waals surface area (Å²) in [7, 11) is 1.39. The molecule has 1 unspecified atom stereocenters. The molecule has 1 aromatic carbocycles. The van der Waals surface area contributed by atoms with E-state index in [0.29, 0.717) is 16.4 Å². The first kappa shape index (κ1) is 19.6. The fourth-order valence-electron chi connectivity index (χ4n) is 2.51. The first-order valence-corrected chi connectivity index (χ1v) is 9.17. The molecule has 3 rings (SSSR count). The molecule has 0 fully saturated rings. The normalized spacial score (nSPS) is 11.7. The van der Waals surface area contributed by atoms with Crippen LogP contribution in [0.2, 0.25) is 0 Å². The van der Waals surface area contributed by atoms with Gasteiger partial charge in [-0.1, -0.05) is 12.1 Å². The van der Waals surface area contributed by atoms with Gasteiger partial charge in [0.2, 0.25) is 11.8 Å². The summed E-state index contributed by atoms with van der Waals surface area (Å²) in [6.45, 7) is 0. The first-order valence-electron chi connectivity index (χ1n) is 8.29. The number of rotatable bonds is 6. The van der Waals surface area contributed by atoms with Crippen LogP contribution < -0.4 is 10.6 Å². The summed E-state index contributed by atoms with van der Waals surface area (Å²) in [5.41, 5.74) is 1.35. The molecule has 9 heteroatoms. The SMILES string of the molecule is CNC(=O)C(NC(=O)Cc1csc(-c2ccccn2)n1)c1ccc(F)c(F)c1. The maximum Gasteiger partial charge on any atom is 0.246 e. The van der Waals surface area contributed by atoms with E-state index in [1.165, 1.54) is 24.5 Å². The van der Waals surface area contributed by atoms with Crippen LogP contribution in [0.1, 0.15) is 17.3 Å². The highest BCUT2D eigenvalue weighted by molar-refractivity contribution is 7.13. The van der Waals surface area contributed by atoms with Crippen LogP contribution in [0.5, 0.6) is 0 Å². The van der Waals surface area contributed by atoms with E-state index in [4.69, 9.17) is 0 Å². The Morgan fingerprint density at radius 1 is 1.18 bits per heavy atom. The predicted octanol–water partition coefficient (Wildman–Crippen LogP) is 2.63. The monoisotopic (exact) mass is 402 g/mol. The molecule has 0 radical (unpaired) electrons. The van der Waals surface area contributed by atoms with Gasteiger partial charge in [-0.25, -0.2) is 13.8 Å². The lowest BCUT2D eigenvalue weighted by atomic mass is 10.1. The number of aromatic nitrogens is 2. The maximum absolute atomic E-state index is 13.5. The van der Waals surface area contributed by atoms with Crippen LogP contribution >= 0.6 is 11.3 Å². The summed E-state index contributed by atoms with van der Waals surface area (Å²) in [5.74, 6) is -3.15. The standard InChI is InChI=1S/C19H16F2N4O2S/c1-22-18(27)17(11-5-6-13(20)14(21)8-11)25-16(26)9-12-10-28-19(24-12)15-4-2-3-7-23-15/h2-8,10,17H,9H2,1H3,(H,22,27)(H,25,26). The second kappa shape index (κ2) is 8.66. The number of hydrogen-bond acceptors (Lipinski definition) is 5. The van der Waals surface area contributed by atoms with Crippen molar-refractivity contribution in [1.29, 1.82) is 0 Å². The second-order valence-corrected chi connectivity index (χ2v) is 6.68. The van der Waals surface area contributed by atoms with Gasteiger partial charge in [0.1, 0.15) is 11.0 Å². The smallest absolute Gasteiger partial charge is 0.246 e. The highest BCUT2D eigenvalue weighted by Gasteiger charge is 2.23. The zero-order valence-electron chi connectivity index (χ0n) is 14.8. The summed E-state index contributed by atoms with van der Waals surface area (Å²) < 4.78 is 26.7. The molecule has 0 saturated carbocycles. The van der Waals surface area contributed by atoms with Crippen molar-refractivity contribution in [1.82, 2.24) is 20.6 Å². The van der Waals surface area contributed by atoms with E-state index in [9.17, 15) is 18.4 Å². The van der Waals surface area contributed by atoms with Gasteiger partial charge in [0.15, 0.2) is 11.6 Å². The molecule has 0 saturated heterocycles. The van der Waals surface area contributed by atoms with E-state index in [-0.39, 0.29) is 12.0 Å². The number of amides is 2. The van der Waals surface area contributed by atoms with Crippen molar-refractivity contribution in [3.63, 3.8) is 0 Å². The van der Waals surface area contributed by atoms with Crippen molar-refractivity contribution >= 4 is 23.2 Å². The molecule has 2 N–H and O–H groups in total. The molecule has 0 aliphatic heterocycles. The third-order valence-electron chi connectivity index (χ3n) is 3.87. The van der Waals surface area contributed by atoms with E-state index < -0.39 is 29.5 Å². The molecule has 2 amide bonds. The average molecular weight is 402 g/mol. The number of hydrogen-bond donors (Lipinski definition) is 2. The summed E-state index contributed by atoms with van der Waals surface area (Å²) >= 11 is 1.35. The zero-order valence-corrected chi connectivity index (χ0v) is 15.6. The minimum absolute atomic E-state index is 0.0689. The number of nitrogens with one attached hydrogen (secondary N) is 2. The van der Waals surface area contributed by atoms with Gasteiger partial charge in [0, 0.05) is 18.6 Å². The molecule has 3 aromatic rings. The van der Waals surface area contributed by atoms with Gasteiger partial charge in [0.25, 0.3) is 0 Å². The molecule has 2 aromatic heterocycles. The Morgan fingerprint density at radius 3 is 2.68 bits per heavy atom. The van der Waals surface area contributed by atoms with E-state index >= 15 is 0 Å². The third kappa shape index (κ3) is 4.55. The summed E-state index contributed by atoms with van der Waals surface area (Å²) in [5, 5.41) is 7.34. The van der Waals surface area contributed by atoms with E-state index in [0.717, 1.165) is 12.1 Å². The molecule has 6 nitrogen and oxygen atoms in total. The Balaban J connectivity index is 1.73. The second-order valence-electron chi connectivity index (χ2n) is 5.82. The number of carbonyl (C=O) groups excluding carboxylic acids is 2. The zero-order chi connectivity index (χ0) is 20.1. The van der Waals surface area contributed by atoms with Gasteiger partial charge >= 0.3 is 0 Å². The fourth-order valence-corrected chi connectivity index (χ4v) is 3.30. The Kier molecular flexibility index (Phi) is 6.05. The van der Waals surface area contributed by atoms with Crippen molar-refractivity contribution in [2.24, 2.45) is 0 Å². The van der Waals surface area contributed by atoms with Crippen LogP contribution in [0.25, 0.3) is 10.7 Å². The van der Waals surface area contributed by atoms with Crippen LogP contribution in [0.4, 0.5) is 8.78 Å². The number of likely N-dealkylation sites (N-methyl/N-ethyl adjacent to an activating group) is 1. The lowest BCUT2D eigenvalue weighted by Gasteiger charge is -2.17. The molecule has 0 aliphatic carbocycles. The van der Waals surface area contributed by atoms with Gasteiger partial charge in [-0.15, -0.1) is 11.3 Å². The van der Waals surface area contributed by atoms with Crippen LogP contribution in [-0.2, 0) is 16.0 Å². The topological polar surface area (TPSA) is 84.0 Å². The van der Waals surface area contributed by atoms with Gasteiger partial charge in [0.05, 0.1) is 17.8 Å². The van der Waals surface area contributed by atoms with Crippen LogP contribution in [0.15, 0.2) is 48.0 Å². The minimum atomic E-state index is -1.15. The number of halogens is 2. The number of carbonyl (C=O) groups is 2. The number of pyridine rings is 1. The fraction of sp³-hybridized carbons (Fsp3) is 0.158. The van der Waals surface area contributed by atoms with Crippen LogP contribution in [0.3, 0.4) is 0 Å². The van der Waals surface area contributed by atoms with Gasteiger partial charge in [-0.05, 0) is 29.8 Å². The maximum atomic E-state index is 13.5. The van der Waals surface area contributed by atoms with E-state index in [1.807, 2.05) is 12.1 Å². The highest BCUT2D eigenvalue weighted by atomic mass is 32.1. The number of nitrogens with zero attached hydrogens (tertiary/aromatic N) is 2. The molecular formula is C19H16F2N4O2S. The van der Waals surface area contributed by atoms with Crippen molar-refractivity contribution in [2.75, 3.05) is 7.05 Å². The van der Waals surface area contributed by atoms with Crippen LogP contribution in [-0.4, -0.2) is 28.8 Å². The largest absolute Gasteiger partial charge is 0.357 e. The predicted molar refractivity (Wildman–Crippen MR) is 100 cm³/mol. The van der Waals surface area contributed by atoms with Crippen molar-refractivity contribution in [3.05, 3.63) is 70.9 Å². The third-order valence-corrected chi connectivity index (χ3v) is 4.78. The molecule has 144 valence electrons.